The van der Waals surface area contributed by atoms with Crippen LogP contribution in [0.5, 0.6) is 0 Å². The molecule has 0 fully saturated rings. The topological polar surface area (TPSA) is 21.3 Å². The molecule has 0 bridgehead atoms. The van der Waals surface area contributed by atoms with E-state index >= 15 is 0 Å². The molecule has 0 saturated carbocycles. The second-order valence-corrected chi connectivity index (χ2v) is 6.02. The van der Waals surface area contributed by atoms with Gasteiger partial charge in [-0.2, -0.15) is 0 Å². The SMILES string of the molecule is CCCNC(Cc1ccccc1Cl)CC(C)(C)OC. The van der Waals surface area contributed by atoms with Crippen molar-refractivity contribution in [2.75, 3.05) is 13.7 Å². The molecule has 0 aromatic heterocycles. The first kappa shape index (κ1) is 16.5. The molecule has 0 heterocycles. The average Bonchev–Trinajstić information content (AvgIpc) is 2.38. The number of benzene rings is 1. The van der Waals surface area contributed by atoms with E-state index < -0.39 is 0 Å². The Morgan fingerprint density at radius 2 is 2.00 bits per heavy atom. The lowest BCUT2D eigenvalue weighted by Crippen LogP contribution is -2.39. The monoisotopic (exact) mass is 283 g/mol. The van der Waals surface area contributed by atoms with Crippen molar-refractivity contribution < 1.29 is 4.74 Å². The Bertz CT molecular complexity index is 379. The summed E-state index contributed by atoms with van der Waals surface area (Å²) in [7, 11) is 1.77. The molecule has 1 aromatic carbocycles. The molecular weight excluding hydrogens is 258 g/mol. The Morgan fingerprint density at radius 1 is 1.32 bits per heavy atom. The molecule has 0 radical (unpaired) electrons. The zero-order valence-electron chi connectivity index (χ0n) is 12.5. The van der Waals surface area contributed by atoms with Crippen LogP contribution in [0.4, 0.5) is 0 Å². The van der Waals surface area contributed by atoms with E-state index in [9.17, 15) is 0 Å². The summed E-state index contributed by atoms with van der Waals surface area (Å²) in [6.45, 7) is 7.45. The van der Waals surface area contributed by atoms with Gasteiger partial charge in [-0.05, 0) is 51.3 Å². The number of nitrogens with one attached hydrogen (secondary N) is 1. The van der Waals surface area contributed by atoms with Gasteiger partial charge >= 0.3 is 0 Å². The van der Waals surface area contributed by atoms with Gasteiger partial charge in [0.05, 0.1) is 5.60 Å². The average molecular weight is 284 g/mol. The van der Waals surface area contributed by atoms with Gasteiger partial charge < -0.3 is 10.1 Å². The van der Waals surface area contributed by atoms with Crippen molar-refractivity contribution in [3.63, 3.8) is 0 Å². The lowest BCUT2D eigenvalue weighted by molar-refractivity contribution is 0.00714. The zero-order chi connectivity index (χ0) is 14.3. The third kappa shape index (κ3) is 5.94. The normalized spacial score (nSPS) is 13.5. The number of methoxy groups -OCH3 is 1. The second kappa shape index (κ2) is 7.88. The van der Waals surface area contributed by atoms with Crippen LogP contribution in [0.1, 0.15) is 39.2 Å². The molecule has 1 aromatic rings. The van der Waals surface area contributed by atoms with Crippen molar-refractivity contribution in [1.82, 2.24) is 5.32 Å². The molecule has 108 valence electrons. The fourth-order valence-electron chi connectivity index (χ4n) is 2.17. The highest BCUT2D eigenvalue weighted by molar-refractivity contribution is 6.31. The quantitative estimate of drug-likeness (QED) is 0.777. The molecule has 0 aliphatic heterocycles. The Kier molecular flexibility index (Phi) is 6.84. The zero-order valence-corrected chi connectivity index (χ0v) is 13.3. The smallest absolute Gasteiger partial charge is 0.0637 e. The van der Waals surface area contributed by atoms with Crippen LogP contribution >= 0.6 is 11.6 Å². The molecule has 0 saturated heterocycles. The van der Waals surface area contributed by atoms with E-state index in [1.54, 1.807) is 7.11 Å². The molecule has 1 rings (SSSR count). The van der Waals surface area contributed by atoms with E-state index in [1.807, 2.05) is 18.2 Å². The van der Waals surface area contributed by atoms with Crippen LogP contribution in [0.25, 0.3) is 0 Å². The Hall–Kier alpha value is -0.570. The molecule has 3 heteroatoms. The number of hydrogen-bond acceptors (Lipinski definition) is 2. The first-order valence-electron chi connectivity index (χ1n) is 7.00. The van der Waals surface area contributed by atoms with E-state index in [2.05, 4.69) is 32.2 Å². The molecule has 0 aliphatic carbocycles. The van der Waals surface area contributed by atoms with Gasteiger partial charge in [0, 0.05) is 18.2 Å². The highest BCUT2D eigenvalue weighted by Gasteiger charge is 2.23. The van der Waals surface area contributed by atoms with E-state index in [0.29, 0.717) is 6.04 Å². The summed E-state index contributed by atoms with van der Waals surface area (Å²) in [6, 6.07) is 8.45. The summed E-state index contributed by atoms with van der Waals surface area (Å²) < 4.78 is 5.54. The largest absolute Gasteiger partial charge is 0.379 e. The lowest BCUT2D eigenvalue weighted by Gasteiger charge is -2.29. The highest BCUT2D eigenvalue weighted by atomic mass is 35.5. The van der Waals surface area contributed by atoms with Crippen molar-refractivity contribution in [2.24, 2.45) is 0 Å². The van der Waals surface area contributed by atoms with Crippen LogP contribution in [0.3, 0.4) is 0 Å². The maximum Gasteiger partial charge on any atom is 0.0637 e. The fraction of sp³-hybridized carbons (Fsp3) is 0.625. The van der Waals surface area contributed by atoms with Crippen LogP contribution in [0, 0.1) is 0 Å². The van der Waals surface area contributed by atoms with Crippen molar-refractivity contribution in [1.29, 1.82) is 0 Å². The van der Waals surface area contributed by atoms with Gasteiger partial charge in [0.25, 0.3) is 0 Å². The Balaban J connectivity index is 2.71. The van der Waals surface area contributed by atoms with Crippen LogP contribution in [-0.4, -0.2) is 25.3 Å². The Morgan fingerprint density at radius 3 is 2.58 bits per heavy atom. The summed E-state index contributed by atoms with van der Waals surface area (Å²) in [5.74, 6) is 0. The summed E-state index contributed by atoms with van der Waals surface area (Å²) in [5.41, 5.74) is 1.08. The van der Waals surface area contributed by atoms with Gasteiger partial charge in [-0.15, -0.1) is 0 Å². The number of rotatable bonds is 8. The number of hydrogen-bond donors (Lipinski definition) is 1. The van der Waals surface area contributed by atoms with Gasteiger partial charge in [-0.25, -0.2) is 0 Å². The summed E-state index contributed by atoms with van der Waals surface area (Å²) in [4.78, 5) is 0. The van der Waals surface area contributed by atoms with E-state index in [-0.39, 0.29) is 5.60 Å². The van der Waals surface area contributed by atoms with Crippen molar-refractivity contribution in [3.05, 3.63) is 34.9 Å². The van der Waals surface area contributed by atoms with Gasteiger partial charge in [0.1, 0.15) is 0 Å². The van der Waals surface area contributed by atoms with Crippen LogP contribution in [-0.2, 0) is 11.2 Å². The van der Waals surface area contributed by atoms with Crippen LogP contribution < -0.4 is 5.32 Å². The fourth-order valence-corrected chi connectivity index (χ4v) is 2.38. The predicted octanol–water partition coefficient (Wildman–Crippen LogP) is 4.07. The summed E-state index contributed by atoms with van der Waals surface area (Å²) in [5, 5.41) is 4.45. The first-order valence-corrected chi connectivity index (χ1v) is 7.38. The number of ether oxygens (including phenoxy) is 1. The predicted molar refractivity (Wildman–Crippen MR) is 82.9 cm³/mol. The molecule has 0 amide bonds. The minimum absolute atomic E-state index is 0.118. The van der Waals surface area contributed by atoms with Gasteiger partial charge in [-0.3, -0.25) is 0 Å². The lowest BCUT2D eigenvalue weighted by atomic mass is 9.94. The maximum absolute atomic E-state index is 6.25. The standard InChI is InChI=1S/C16H26ClNO/c1-5-10-18-14(12-16(2,3)19-4)11-13-8-6-7-9-15(13)17/h6-9,14,18H,5,10-12H2,1-4H3. The molecular formula is C16H26ClNO. The third-order valence-electron chi connectivity index (χ3n) is 3.40. The van der Waals surface area contributed by atoms with Crippen molar-refractivity contribution in [2.45, 2.75) is 51.7 Å². The van der Waals surface area contributed by atoms with E-state index in [1.165, 1.54) is 5.56 Å². The van der Waals surface area contributed by atoms with Gasteiger partial charge in [0.2, 0.25) is 0 Å². The van der Waals surface area contributed by atoms with Crippen LogP contribution in [0.2, 0.25) is 5.02 Å². The van der Waals surface area contributed by atoms with Gasteiger partial charge in [-0.1, -0.05) is 36.7 Å². The second-order valence-electron chi connectivity index (χ2n) is 5.61. The molecule has 19 heavy (non-hydrogen) atoms. The first-order chi connectivity index (χ1) is 8.98. The van der Waals surface area contributed by atoms with Crippen LogP contribution in [0.15, 0.2) is 24.3 Å². The Labute approximate surface area is 122 Å². The molecule has 1 unspecified atom stereocenters. The summed E-state index contributed by atoms with van der Waals surface area (Å²) >= 11 is 6.25. The molecule has 1 atom stereocenters. The highest BCUT2D eigenvalue weighted by Crippen LogP contribution is 2.22. The molecule has 0 spiro atoms. The molecule has 2 nitrogen and oxygen atoms in total. The van der Waals surface area contributed by atoms with Gasteiger partial charge in [0.15, 0.2) is 0 Å². The minimum Gasteiger partial charge on any atom is -0.379 e. The van der Waals surface area contributed by atoms with Crippen molar-refractivity contribution in [3.8, 4) is 0 Å². The van der Waals surface area contributed by atoms with Crippen molar-refractivity contribution >= 4 is 11.6 Å². The molecule has 1 N–H and O–H groups in total. The maximum atomic E-state index is 6.25. The number of halogens is 1. The van der Waals surface area contributed by atoms with E-state index in [4.69, 9.17) is 16.3 Å². The minimum atomic E-state index is -0.118. The third-order valence-corrected chi connectivity index (χ3v) is 3.77. The summed E-state index contributed by atoms with van der Waals surface area (Å²) in [6.07, 6.45) is 3.04. The molecule has 0 aliphatic rings. The van der Waals surface area contributed by atoms with E-state index in [0.717, 1.165) is 30.8 Å².